The second-order valence-electron chi connectivity index (χ2n) is 10.8. The average Bonchev–Trinajstić information content (AvgIpc) is 3.19. The number of nitrogens with one attached hydrogen (secondary N) is 1. The Kier molecular flexibility index (Phi) is 6.97. The van der Waals surface area contributed by atoms with Gasteiger partial charge in [0.2, 0.25) is 5.95 Å². The van der Waals surface area contributed by atoms with E-state index in [0.29, 0.717) is 22.8 Å². The molecule has 208 valence electrons. The predicted molar refractivity (Wildman–Crippen MR) is 157 cm³/mol. The standard InChI is InChI=1S/C29H35N9O2/c1-4-14-36-28(40)24-19-30-29(32-27(24)38(36)25-12-13-26(39)37(33-25)20(2)3)31-21-8-10-23(11-9-21)35-17-15-34(16-18-35)22-6-5-7-22/h4,8-13,19-20,22H,1,5-7,14-18H2,2-3H3,(H,30,31,32). The number of rotatable bonds is 8. The normalized spacial score (nSPS) is 16.4. The van der Waals surface area contributed by atoms with Gasteiger partial charge in [-0.15, -0.1) is 11.7 Å². The Labute approximate surface area is 232 Å². The van der Waals surface area contributed by atoms with Gasteiger partial charge in [-0.1, -0.05) is 12.5 Å². The Morgan fingerprint density at radius 2 is 1.80 bits per heavy atom. The number of hydrogen-bond acceptors (Lipinski definition) is 8. The third-order valence-corrected chi connectivity index (χ3v) is 7.89. The summed E-state index contributed by atoms with van der Waals surface area (Å²) in [5.74, 6) is 0.768. The fourth-order valence-corrected chi connectivity index (χ4v) is 5.49. The zero-order valence-electron chi connectivity index (χ0n) is 23.0. The molecule has 1 aliphatic carbocycles. The van der Waals surface area contributed by atoms with Gasteiger partial charge < -0.3 is 10.2 Å². The molecule has 0 bridgehead atoms. The highest BCUT2D eigenvalue weighted by Crippen LogP contribution is 2.27. The molecule has 11 heteroatoms. The van der Waals surface area contributed by atoms with Crippen LogP contribution in [0.25, 0.3) is 16.9 Å². The highest BCUT2D eigenvalue weighted by molar-refractivity contribution is 5.77. The molecule has 11 nitrogen and oxygen atoms in total. The number of aromatic nitrogens is 6. The van der Waals surface area contributed by atoms with Gasteiger partial charge in [0.25, 0.3) is 11.1 Å². The van der Waals surface area contributed by atoms with Gasteiger partial charge in [0, 0.05) is 55.9 Å². The summed E-state index contributed by atoms with van der Waals surface area (Å²) >= 11 is 0. The van der Waals surface area contributed by atoms with Gasteiger partial charge in [0.05, 0.1) is 12.6 Å². The maximum absolute atomic E-state index is 13.2. The van der Waals surface area contributed by atoms with Crippen LogP contribution in [0.5, 0.6) is 0 Å². The summed E-state index contributed by atoms with van der Waals surface area (Å²) in [6, 6.07) is 12.0. The maximum atomic E-state index is 13.2. The van der Waals surface area contributed by atoms with Gasteiger partial charge in [-0.3, -0.25) is 14.5 Å². The number of allylic oxidation sites excluding steroid dienone is 1. The average molecular weight is 542 g/mol. The summed E-state index contributed by atoms with van der Waals surface area (Å²) in [5.41, 5.74) is 1.98. The minimum absolute atomic E-state index is 0.143. The van der Waals surface area contributed by atoms with Crippen molar-refractivity contribution in [1.29, 1.82) is 0 Å². The maximum Gasteiger partial charge on any atom is 0.278 e. The molecule has 0 radical (unpaired) electrons. The Balaban J connectivity index is 1.27. The van der Waals surface area contributed by atoms with Crippen molar-refractivity contribution < 1.29 is 0 Å². The largest absolute Gasteiger partial charge is 0.369 e. The number of hydrogen-bond donors (Lipinski definition) is 1. The summed E-state index contributed by atoms with van der Waals surface area (Å²) in [6.45, 7) is 12.1. The third-order valence-electron chi connectivity index (χ3n) is 7.89. The lowest BCUT2D eigenvalue weighted by molar-refractivity contribution is 0.120. The molecule has 1 aliphatic heterocycles. The molecule has 1 saturated carbocycles. The lowest BCUT2D eigenvalue weighted by atomic mass is 9.91. The van der Waals surface area contributed by atoms with E-state index in [2.05, 4.69) is 43.9 Å². The number of anilines is 3. The lowest BCUT2D eigenvalue weighted by Gasteiger charge is -2.43. The van der Waals surface area contributed by atoms with E-state index in [1.165, 1.54) is 46.6 Å². The summed E-state index contributed by atoms with van der Waals surface area (Å²) in [7, 11) is 0. The molecule has 4 heterocycles. The van der Waals surface area contributed by atoms with Crippen molar-refractivity contribution in [2.75, 3.05) is 36.4 Å². The highest BCUT2D eigenvalue weighted by Gasteiger charge is 2.28. The van der Waals surface area contributed by atoms with Crippen LogP contribution in [0.15, 0.2) is 64.8 Å². The lowest BCUT2D eigenvalue weighted by Crippen LogP contribution is -2.52. The van der Waals surface area contributed by atoms with Crippen molar-refractivity contribution in [2.45, 2.75) is 51.7 Å². The van der Waals surface area contributed by atoms with E-state index in [1.807, 2.05) is 26.0 Å². The van der Waals surface area contributed by atoms with Crippen LogP contribution in [0, 0.1) is 0 Å². The molecular formula is C29H35N9O2. The SMILES string of the molecule is C=CCn1c(=O)c2cnc(Nc3ccc(N4CCN(C5CCC5)CC4)cc3)nc2n1-c1ccc(=O)n(C(C)C)n1. The topological polar surface area (TPSA) is 106 Å². The first-order valence-electron chi connectivity index (χ1n) is 14.0. The third kappa shape index (κ3) is 4.81. The van der Waals surface area contributed by atoms with Crippen LogP contribution in [0.2, 0.25) is 0 Å². The minimum atomic E-state index is -0.257. The smallest absolute Gasteiger partial charge is 0.278 e. The van der Waals surface area contributed by atoms with Gasteiger partial charge in [-0.25, -0.2) is 19.0 Å². The molecule has 0 atom stereocenters. The van der Waals surface area contributed by atoms with Crippen LogP contribution in [0.1, 0.15) is 39.2 Å². The van der Waals surface area contributed by atoms with Crippen LogP contribution < -0.4 is 21.3 Å². The number of nitrogens with zero attached hydrogens (tertiary/aromatic N) is 8. The minimum Gasteiger partial charge on any atom is -0.369 e. The van der Waals surface area contributed by atoms with E-state index in [-0.39, 0.29) is 23.7 Å². The molecular weight excluding hydrogens is 506 g/mol. The zero-order valence-corrected chi connectivity index (χ0v) is 23.0. The molecule has 6 rings (SSSR count). The Hall–Kier alpha value is -4.25. The number of benzene rings is 1. The fraction of sp³-hybridized carbons (Fsp3) is 0.414. The van der Waals surface area contributed by atoms with Crippen LogP contribution in [0.3, 0.4) is 0 Å². The van der Waals surface area contributed by atoms with E-state index in [1.54, 1.807) is 16.8 Å². The van der Waals surface area contributed by atoms with Crippen molar-refractivity contribution in [3.8, 4) is 5.82 Å². The van der Waals surface area contributed by atoms with Gasteiger partial charge >= 0.3 is 0 Å². The monoisotopic (exact) mass is 541 g/mol. The molecule has 4 aromatic rings. The second-order valence-corrected chi connectivity index (χ2v) is 10.8. The van der Waals surface area contributed by atoms with Crippen molar-refractivity contribution >= 4 is 28.4 Å². The van der Waals surface area contributed by atoms with E-state index in [9.17, 15) is 9.59 Å². The van der Waals surface area contributed by atoms with Gasteiger partial charge in [0.1, 0.15) is 5.39 Å². The molecule has 1 saturated heterocycles. The fourth-order valence-electron chi connectivity index (χ4n) is 5.49. The van der Waals surface area contributed by atoms with Crippen molar-refractivity contribution in [1.82, 2.24) is 34.0 Å². The van der Waals surface area contributed by atoms with E-state index >= 15 is 0 Å². The van der Waals surface area contributed by atoms with Crippen molar-refractivity contribution in [2.24, 2.45) is 0 Å². The summed E-state index contributed by atoms with van der Waals surface area (Å²) in [6.07, 6.45) is 7.24. The Bertz CT molecular complexity index is 1640. The molecule has 40 heavy (non-hydrogen) atoms. The first-order valence-corrected chi connectivity index (χ1v) is 14.0. The highest BCUT2D eigenvalue weighted by atomic mass is 16.1. The summed E-state index contributed by atoms with van der Waals surface area (Å²) in [5, 5.41) is 8.15. The van der Waals surface area contributed by atoms with Crippen LogP contribution >= 0.6 is 0 Å². The van der Waals surface area contributed by atoms with Gasteiger partial charge in [0.15, 0.2) is 11.5 Å². The molecule has 0 spiro atoms. The zero-order chi connectivity index (χ0) is 27.8. The Morgan fingerprint density at radius 3 is 2.45 bits per heavy atom. The summed E-state index contributed by atoms with van der Waals surface area (Å²) < 4.78 is 4.50. The van der Waals surface area contributed by atoms with E-state index in [0.717, 1.165) is 37.9 Å². The van der Waals surface area contributed by atoms with Gasteiger partial charge in [-0.2, -0.15) is 4.98 Å². The molecule has 0 amide bonds. The predicted octanol–water partition coefficient (Wildman–Crippen LogP) is 3.32. The van der Waals surface area contributed by atoms with Crippen molar-refractivity contribution in [3.63, 3.8) is 0 Å². The molecule has 1 aromatic carbocycles. The number of piperazine rings is 1. The van der Waals surface area contributed by atoms with Crippen LogP contribution in [0.4, 0.5) is 17.3 Å². The van der Waals surface area contributed by atoms with Crippen LogP contribution in [-0.4, -0.2) is 66.2 Å². The quantitative estimate of drug-likeness (QED) is 0.339. The second kappa shape index (κ2) is 10.7. The molecule has 2 aliphatic rings. The van der Waals surface area contributed by atoms with E-state index < -0.39 is 0 Å². The molecule has 1 N–H and O–H groups in total. The molecule has 2 fully saturated rings. The first-order chi connectivity index (χ1) is 19.4. The van der Waals surface area contributed by atoms with E-state index in [4.69, 9.17) is 4.98 Å². The summed E-state index contributed by atoms with van der Waals surface area (Å²) in [4.78, 5) is 39.7. The van der Waals surface area contributed by atoms with Crippen molar-refractivity contribution in [3.05, 3.63) is 76.0 Å². The van der Waals surface area contributed by atoms with Crippen LogP contribution in [-0.2, 0) is 6.54 Å². The Morgan fingerprint density at radius 1 is 1.05 bits per heavy atom. The first kappa shape index (κ1) is 26.0. The molecule has 3 aromatic heterocycles. The molecule has 0 unspecified atom stereocenters. The van der Waals surface area contributed by atoms with Gasteiger partial charge in [-0.05, 0) is 57.0 Å². The number of fused-ring (bicyclic) bond motifs is 1.